The molecule has 0 amide bonds. The van der Waals surface area contributed by atoms with Crippen LogP contribution in [0.3, 0.4) is 0 Å². The largest absolute Gasteiger partial charge is 0.370 e. The molecule has 1 aromatic carbocycles. The van der Waals surface area contributed by atoms with Crippen molar-refractivity contribution in [1.29, 1.82) is 0 Å². The van der Waals surface area contributed by atoms with Crippen LogP contribution >= 0.6 is 0 Å². The zero-order chi connectivity index (χ0) is 12.7. The highest BCUT2D eigenvalue weighted by Crippen LogP contribution is 2.29. The number of hydrogen-bond donors (Lipinski definition) is 2. The fraction of sp³-hybridized carbons (Fsp3) is 0.286. The second-order valence-electron chi connectivity index (χ2n) is 4.79. The van der Waals surface area contributed by atoms with E-state index in [2.05, 4.69) is 26.2 Å². The van der Waals surface area contributed by atoms with Crippen LogP contribution in [-0.2, 0) is 4.74 Å². The molecule has 0 spiro atoms. The highest BCUT2D eigenvalue weighted by atomic mass is 16.5. The van der Waals surface area contributed by atoms with Crippen LogP contribution in [0.15, 0.2) is 30.5 Å². The molecule has 4 rings (SSSR count). The molecule has 5 nitrogen and oxygen atoms in total. The monoisotopic (exact) mass is 254 g/mol. The third kappa shape index (κ3) is 1.74. The van der Waals surface area contributed by atoms with Gasteiger partial charge in [-0.3, -0.25) is 5.10 Å². The van der Waals surface area contributed by atoms with Crippen molar-refractivity contribution in [2.45, 2.75) is 18.9 Å². The summed E-state index contributed by atoms with van der Waals surface area (Å²) in [5.74, 6) is 1.56. The molecule has 1 fully saturated rings. The van der Waals surface area contributed by atoms with Crippen molar-refractivity contribution in [2.75, 3.05) is 6.61 Å². The molecule has 0 radical (unpaired) electrons. The van der Waals surface area contributed by atoms with Gasteiger partial charge >= 0.3 is 0 Å². The first-order valence-electron chi connectivity index (χ1n) is 6.52. The highest BCUT2D eigenvalue weighted by molar-refractivity contribution is 5.93. The van der Waals surface area contributed by atoms with Gasteiger partial charge in [0.25, 0.3) is 0 Å². The van der Waals surface area contributed by atoms with Gasteiger partial charge in [-0.1, -0.05) is 18.2 Å². The van der Waals surface area contributed by atoms with Gasteiger partial charge in [-0.2, -0.15) is 5.10 Å². The fourth-order valence-electron chi connectivity index (χ4n) is 2.59. The first-order chi connectivity index (χ1) is 9.42. The average Bonchev–Trinajstić information content (AvgIpc) is 3.18. The maximum Gasteiger partial charge on any atom is 0.183 e. The first-order valence-corrected chi connectivity index (χ1v) is 6.52. The molecule has 3 heterocycles. The molecule has 0 saturated carbocycles. The molecular formula is C14H14N4O. The Kier molecular flexibility index (Phi) is 2.38. The predicted octanol–water partition coefficient (Wildman–Crippen LogP) is 2.80. The second kappa shape index (κ2) is 4.20. The van der Waals surface area contributed by atoms with E-state index in [9.17, 15) is 0 Å². The zero-order valence-electron chi connectivity index (χ0n) is 10.4. The molecule has 1 saturated heterocycles. The van der Waals surface area contributed by atoms with Gasteiger partial charge < -0.3 is 9.72 Å². The van der Waals surface area contributed by atoms with Crippen LogP contribution in [0.2, 0.25) is 0 Å². The topological polar surface area (TPSA) is 66.6 Å². The Labute approximate surface area is 110 Å². The van der Waals surface area contributed by atoms with Crippen molar-refractivity contribution < 1.29 is 4.74 Å². The van der Waals surface area contributed by atoms with Crippen molar-refractivity contribution >= 4 is 10.9 Å². The summed E-state index contributed by atoms with van der Waals surface area (Å²) < 4.78 is 5.62. The summed E-state index contributed by atoms with van der Waals surface area (Å²) in [7, 11) is 0. The lowest BCUT2D eigenvalue weighted by molar-refractivity contribution is 0.105. The summed E-state index contributed by atoms with van der Waals surface area (Å²) in [4.78, 5) is 7.81. The minimum absolute atomic E-state index is 0.0754. The lowest BCUT2D eigenvalue weighted by Gasteiger charge is -2.02. The molecule has 19 heavy (non-hydrogen) atoms. The van der Waals surface area contributed by atoms with E-state index in [-0.39, 0.29) is 6.10 Å². The number of para-hydroxylation sites is 1. The first kappa shape index (κ1) is 10.8. The SMILES string of the molecule is c1ccc2c(-c3n[nH]c([C@H]4CCCO4)n3)c[nH]c2c1. The minimum Gasteiger partial charge on any atom is -0.370 e. The highest BCUT2D eigenvalue weighted by Gasteiger charge is 2.22. The Morgan fingerprint density at radius 1 is 1.26 bits per heavy atom. The number of aromatic nitrogens is 4. The van der Waals surface area contributed by atoms with Crippen molar-refractivity contribution in [3.05, 3.63) is 36.3 Å². The van der Waals surface area contributed by atoms with E-state index in [1.165, 1.54) is 0 Å². The summed E-state index contributed by atoms with van der Waals surface area (Å²) in [5.41, 5.74) is 2.12. The summed E-state index contributed by atoms with van der Waals surface area (Å²) in [6.45, 7) is 0.813. The van der Waals surface area contributed by atoms with Crippen LogP contribution in [0.1, 0.15) is 24.8 Å². The van der Waals surface area contributed by atoms with E-state index in [0.717, 1.165) is 47.6 Å². The van der Waals surface area contributed by atoms with E-state index < -0.39 is 0 Å². The summed E-state index contributed by atoms with van der Waals surface area (Å²) in [6, 6.07) is 8.15. The molecule has 1 aliphatic heterocycles. The predicted molar refractivity (Wildman–Crippen MR) is 71.6 cm³/mol. The van der Waals surface area contributed by atoms with Crippen molar-refractivity contribution in [3.63, 3.8) is 0 Å². The number of benzene rings is 1. The van der Waals surface area contributed by atoms with E-state index in [0.29, 0.717) is 0 Å². The number of nitrogens with zero attached hydrogens (tertiary/aromatic N) is 2. The Hall–Kier alpha value is -2.14. The van der Waals surface area contributed by atoms with Gasteiger partial charge in [0.05, 0.1) is 0 Å². The summed E-state index contributed by atoms with van der Waals surface area (Å²) >= 11 is 0. The van der Waals surface area contributed by atoms with Gasteiger partial charge in [-0.25, -0.2) is 4.98 Å². The van der Waals surface area contributed by atoms with Crippen molar-refractivity contribution in [1.82, 2.24) is 20.2 Å². The molecule has 0 unspecified atom stereocenters. The molecule has 0 bridgehead atoms. The van der Waals surface area contributed by atoms with Gasteiger partial charge in [-0.05, 0) is 18.9 Å². The number of rotatable bonds is 2. The molecule has 2 N–H and O–H groups in total. The maximum absolute atomic E-state index is 5.62. The van der Waals surface area contributed by atoms with E-state index in [1.54, 1.807) is 0 Å². The lowest BCUT2D eigenvalue weighted by Crippen LogP contribution is -1.97. The van der Waals surface area contributed by atoms with Crippen LogP contribution in [0.4, 0.5) is 0 Å². The number of fused-ring (bicyclic) bond motifs is 1. The van der Waals surface area contributed by atoms with Crippen molar-refractivity contribution in [3.8, 4) is 11.4 Å². The number of nitrogens with one attached hydrogen (secondary N) is 2. The molecule has 0 aliphatic carbocycles. The molecule has 2 aromatic heterocycles. The van der Waals surface area contributed by atoms with Crippen LogP contribution in [0.25, 0.3) is 22.3 Å². The molecule has 5 heteroatoms. The number of ether oxygens (including phenoxy) is 1. The van der Waals surface area contributed by atoms with Crippen LogP contribution in [-0.4, -0.2) is 26.8 Å². The quantitative estimate of drug-likeness (QED) is 0.739. The molecular weight excluding hydrogens is 240 g/mol. The number of aromatic amines is 2. The van der Waals surface area contributed by atoms with Crippen molar-refractivity contribution in [2.24, 2.45) is 0 Å². The zero-order valence-corrected chi connectivity index (χ0v) is 10.4. The Balaban J connectivity index is 1.76. The molecule has 1 aliphatic rings. The number of hydrogen-bond acceptors (Lipinski definition) is 3. The second-order valence-corrected chi connectivity index (χ2v) is 4.79. The summed E-state index contributed by atoms with van der Waals surface area (Å²) in [6.07, 6.45) is 4.13. The van der Waals surface area contributed by atoms with Crippen LogP contribution in [0, 0.1) is 0 Å². The van der Waals surface area contributed by atoms with Crippen LogP contribution < -0.4 is 0 Å². The maximum atomic E-state index is 5.62. The summed E-state index contributed by atoms with van der Waals surface area (Å²) in [5, 5.41) is 8.46. The van der Waals surface area contributed by atoms with Gasteiger partial charge in [-0.15, -0.1) is 0 Å². The normalized spacial score (nSPS) is 19.3. The fourth-order valence-corrected chi connectivity index (χ4v) is 2.59. The standard InChI is InChI=1S/C14H14N4O/c1-2-5-11-9(4-1)10(8-15-11)13-16-14(18-17-13)12-6-3-7-19-12/h1-2,4-5,8,12,15H,3,6-7H2,(H,16,17,18)/t12-/m1/s1. The van der Waals surface area contributed by atoms with Gasteiger partial charge in [0.1, 0.15) is 6.10 Å². The molecule has 3 aromatic rings. The average molecular weight is 254 g/mol. The Bertz CT molecular complexity index is 709. The Morgan fingerprint density at radius 2 is 2.21 bits per heavy atom. The third-order valence-electron chi connectivity index (χ3n) is 3.57. The van der Waals surface area contributed by atoms with E-state index in [1.807, 2.05) is 24.4 Å². The third-order valence-corrected chi connectivity index (χ3v) is 3.57. The van der Waals surface area contributed by atoms with Gasteiger partial charge in [0.15, 0.2) is 11.6 Å². The molecule has 1 atom stereocenters. The smallest absolute Gasteiger partial charge is 0.183 e. The van der Waals surface area contributed by atoms with Gasteiger partial charge in [0.2, 0.25) is 0 Å². The Morgan fingerprint density at radius 3 is 3.11 bits per heavy atom. The van der Waals surface area contributed by atoms with Gasteiger partial charge in [0, 0.05) is 29.3 Å². The van der Waals surface area contributed by atoms with E-state index >= 15 is 0 Å². The molecule has 96 valence electrons. The van der Waals surface area contributed by atoms with E-state index in [4.69, 9.17) is 4.74 Å². The lowest BCUT2D eigenvalue weighted by atomic mass is 10.1. The van der Waals surface area contributed by atoms with Crippen LogP contribution in [0.5, 0.6) is 0 Å². The minimum atomic E-state index is 0.0754. The number of H-pyrrole nitrogens is 2.